The highest BCUT2D eigenvalue weighted by Crippen LogP contribution is 2.29. The third-order valence-corrected chi connectivity index (χ3v) is 5.13. The minimum atomic E-state index is -4.83. The molecule has 0 aliphatic carbocycles. The molecule has 0 saturated heterocycles. The second kappa shape index (κ2) is 7.51. The number of anilines is 1. The van der Waals surface area contributed by atoms with Crippen LogP contribution >= 0.6 is 0 Å². The molecule has 1 aromatic carbocycles. The van der Waals surface area contributed by atoms with Crippen LogP contribution in [0.4, 0.5) is 32.3 Å². The zero-order valence-corrected chi connectivity index (χ0v) is 16.2. The zero-order valence-electron chi connectivity index (χ0n) is 15.4. The van der Waals surface area contributed by atoms with Gasteiger partial charge in [-0.05, 0) is 30.3 Å². The second-order valence-corrected chi connectivity index (χ2v) is 8.46. The lowest BCUT2D eigenvalue weighted by Gasteiger charge is -2.13. The van der Waals surface area contributed by atoms with Crippen LogP contribution in [0.15, 0.2) is 41.4 Å². The Hall–Kier alpha value is -3.16. The van der Waals surface area contributed by atoms with Gasteiger partial charge >= 0.3 is 12.4 Å². The van der Waals surface area contributed by atoms with Gasteiger partial charge in [-0.25, -0.2) is 13.4 Å². The fraction of sp³-hybridized carbons (Fsp3) is 0.235. The number of pyridine rings is 1. The van der Waals surface area contributed by atoms with Crippen LogP contribution in [0.25, 0.3) is 11.0 Å². The summed E-state index contributed by atoms with van der Waals surface area (Å²) >= 11 is 0. The Kier molecular flexibility index (Phi) is 5.46. The number of amides is 1. The number of alkyl halides is 6. The van der Waals surface area contributed by atoms with Crippen molar-refractivity contribution in [1.29, 1.82) is 0 Å². The van der Waals surface area contributed by atoms with Crippen LogP contribution < -0.4 is 5.32 Å². The highest BCUT2D eigenvalue weighted by atomic mass is 32.2. The molecule has 3 aromatic rings. The number of rotatable bonds is 4. The summed E-state index contributed by atoms with van der Waals surface area (Å²) in [6.07, 6.45) is -7.94. The van der Waals surface area contributed by atoms with Gasteiger partial charge in [0.15, 0.2) is 9.84 Å². The smallest absolute Gasteiger partial charge is 0.301 e. The number of carbonyl (C=O) groups excluding carboxylic acids is 1. The van der Waals surface area contributed by atoms with Crippen molar-refractivity contribution in [1.82, 2.24) is 14.5 Å². The number of hydrogen-bond donors (Lipinski definition) is 1. The Labute approximate surface area is 170 Å². The number of sulfone groups is 1. The van der Waals surface area contributed by atoms with E-state index in [1.54, 1.807) is 0 Å². The molecule has 2 heterocycles. The normalized spacial score (nSPS) is 12.9. The van der Waals surface area contributed by atoms with Crippen molar-refractivity contribution in [2.75, 3.05) is 11.6 Å². The van der Waals surface area contributed by atoms with Gasteiger partial charge in [-0.2, -0.15) is 26.3 Å². The van der Waals surface area contributed by atoms with Gasteiger partial charge < -0.3 is 4.57 Å². The van der Waals surface area contributed by atoms with Gasteiger partial charge in [-0.3, -0.25) is 15.1 Å². The summed E-state index contributed by atoms with van der Waals surface area (Å²) in [4.78, 5) is 19.1. The number of carbonyl (C=O) groups is 1. The first kappa shape index (κ1) is 22.5. The van der Waals surface area contributed by atoms with E-state index >= 15 is 0 Å². The maximum atomic E-state index is 13.0. The van der Waals surface area contributed by atoms with Crippen molar-refractivity contribution in [2.45, 2.75) is 23.8 Å². The number of nitrogens with zero attached hydrogens (tertiary/aromatic N) is 3. The molecule has 14 heteroatoms. The van der Waals surface area contributed by atoms with Crippen LogP contribution in [0.3, 0.4) is 0 Å². The molecule has 1 N–H and O–H groups in total. The summed E-state index contributed by atoms with van der Waals surface area (Å²) < 4.78 is 101. The molecule has 0 unspecified atom stereocenters. The van der Waals surface area contributed by atoms with Crippen LogP contribution in [0.1, 0.15) is 16.1 Å². The maximum absolute atomic E-state index is 13.0. The van der Waals surface area contributed by atoms with E-state index in [1.807, 2.05) is 5.32 Å². The summed E-state index contributed by atoms with van der Waals surface area (Å²) in [5.74, 6) is -1.77. The third kappa shape index (κ3) is 5.13. The van der Waals surface area contributed by atoms with Crippen molar-refractivity contribution in [3.63, 3.8) is 0 Å². The van der Waals surface area contributed by atoms with E-state index in [4.69, 9.17) is 0 Å². The van der Waals surface area contributed by atoms with Crippen LogP contribution in [-0.2, 0) is 22.6 Å². The van der Waals surface area contributed by atoms with E-state index in [9.17, 15) is 39.6 Å². The number of halogens is 6. The van der Waals surface area contributed by atoms with E-state index in [0.717, 1.165) is 36.7 Å². The SMILES string of the molecule is CS(=O)(=O)c1ccc2c(c1)nc(NC(=O)c1ccnc(C(F)(F)F)c1)n2CC(F)(F)F. The summed E-state index contributed by atoms with van der Waals surface area (Å²) in [6.45, 7) is -1.58. The molecule has 1 amide bonds. The number of aromatic nitrogens is 3. The van der Waals surface area contributed by atoms with E-state index < -0.39 is 51.8 Å². The highest BCUT2D eigenvalue weighted by Gasteiger charge is 2.34. The molecule has 0 saturated carbocycles. The Balaban J connectivity index is 2.06. The zero-order chi connectivity index (χ0) is 23.2. The predicted molar refractivity (Wildman–Crippen MR) is 96.1 cm³/mol. The monoisotopic (exact) mass is 466 g/mol. The molecule has 0 spiro atoms. The first-order chi connectivity index (χ1) is 14.1. The number of fused-ring (bicyclic) bond motifs is 1. The fourth-order valence-corrected chi connectivity index (χ4v) is 3.32. The van der Waals surface area contributed by atoms with Crippen LogP contribution in [0.2, 0.25) is 0 Å². The van der Waals surface area contributed by atoms with Crippen LogP contribution in [0.5, 0.6) is 0 Å². The molecule has 0 bridgehead atoms. The van der Waals surface area contributed by atoms with Crippen LogP contribution in [0, 0.1) is 0 Å². The molecule has 0 atom stereocenters. The molecular formula is C17H12F6N4O3S. The highest BCUT2D eigenvalue weighted by molar-refractivity contribution is 7.90. The van der Waals surface area contributed by atoms with Crippen molar-refractivity contribution < 1.29 is 39.6 Å². The average molecular weight is 466 g/mol. The molecular weight excluding hydrogens is 454 g/mol. The third-order valence-electron chi connectivity index (χ3n) is 4.02. The summed E-state index contributed by atoms with van der Waals surface area (Å²) in [6, 6.07) is 4.59. The largest absolute Gasteiger partial charge is 0.433 e. The van der Waals surface area contributed by atoms with E-state index in [2.05, 4.69) is 9.97 Å². The molecule has 2 aromatic heterocycles. The summed E-state index contributed by atoms with van der Waals surface area (Å²) in [7, 11) is -3.69. The van der Waals surface area contributed by atoms with Gasteiger partial charge in [-0.1, -0.05) is 0 Å². The van der Waals surface area contributed by atoms with Crippen LogP contribution in [-0.4, -0.2) is 41.3 Å². The topological polar surface area (TPSA) is 93.9 Å². The quantitative estimate of drug-likeness (QED) is 0.593. The lowest BCUT2D eigenvalue weighted by atomic mass is 10.2. The van der Waals surface area contributed by atoms with Gasteiger partial charge in [0, 0.05) is 18.0 Å². The molecule has 0 fully saturated rings. The van der Waals surface area contributed by atoms with Crippen molar-refractivity contribution >= 4 is 32.7 Å². The first-order valence-corrected chi connectivity index (χ1v) is 10.2. The fourth-order valence-electron chi connectivity index (χ4n) is 2.68. The Morgan fingerprint density at radius 3 is 2.35 bits per heavy atom. The lowest BCUT2D eigenvalue weighted by molar-refractivity contribution is -0.141. The standard InChI is InChI=1S/C17H12F6N4O3S/c1-31(29,30)10-2-3-12-11(7-10)25-15(27(12)8-16(18,19)20)26-14(28)9-4-5-24-13(6-9)17(21,22)23/h2-7H,8H2,1H3,(H,25,26,28). The van der Waals surface area contributed by atoms with Gasteiger partial charge in [-0.15, -0.1) is 0 Å². The summed E-state index contributed by atoms with van der Waals surface area (Å²) in [5, 5.41) is 2.04. The Morgan fingerprint density at radius 1 is 1.10 bits per heavy atom. The van der Waals surface area contributed by atoms with Crippen molar-refractivity contribution in [3.05, 3.63) is 47.8 Å². The summed E-state index contributed by atoms with van der Waals surface area (Å²) in [5.41, 5.74) is -2.16. The number of benzene rings is 1. The minimum absolute atomic E-state index is 0.134. The Bertz CT molecular complexity index is 1270. The van der Waals surface area contributed by atoms with Crippen molar-refractivity contribution in [2.24, 2.45) is 0 Å². The molecule has 166 valence electrons. The molecule has 0 radical (unpaired) electrons. The van der Waals surface area contributed by atoms with E-state index in [-0.39, 0.29) is 15.9 Å². The number of imidazole rings is 1. The number of hydrogen-bond acceptors (Lipinski definition) is 5. The van der Waals surface area contributed by atoms with Gasteiger partial charge in [0.2, 0.25) is 5.95 Å². The molecule has 0 aliphatic rings. The molecule has 3 rings (SSSR count). The van der Waals surface area contributed by atoms with E-state index in [1.165, 1.54) is 0 Å². The van der Waals surface area contributed by atoms with Gasteiger partial charge in [0.25, 0.3) is 5.91 Å². The number of nitrogens with one attached hydrogen (secondary N) is 1. The van der Waals surface area contributed by atoms with Gasteiger partial charge in [0.1, 0.15) is 12.2 Å². The predicted octanol–water partition coefficient (Wildman–Crippen LogP) is 3.67. The van der Waals surface area contributed by atoms with Gasteiger partial charge in [0.05, 0.1) is 15.9 Å². The molecule has 31 heavy (non-hydrogen) atoms. The second-order valence-electron chi connectivity index (χ2n) is 6.44. The lowest BCUT2D eigenvalue weighted by Crippen LogP contribution is -2.22. The minimum Gasteiger partial charge on any atom is -0.301 e. The Morgan fingerprint density at radius 2 is 1.77 bits per heavy atom. The van der Waals surface area contributed by atoms with E-state index in [0.29, 0.717) is 10.6 Å². The molecule has 7 nitrogen and oxygen atoms in total. The molecule has 0 aliphatic heterocycles. The maximum Gasteiger partial charge on any atom is 0.433 e. The average Bonchev–Trinajstić information content (AvgIpc) is 2.95. The van der Waals surface area contributed by atoms with Crippen molar-refractivity contribution in [3.8, 4) is 0 Å². The first-order valence-electron chi connectivity index (χ1n) is 8.27.